The number of thioether (sulfide) groups is 1. The average molecular weight is 274 g/mol. The number of aliphatic hydroxyl groups is 1. The predicted molar refractivity (Wildman–Crippen MR) is 73.1 cm³/mol. The molecule has 3 rings (SSSR count). The highest BCUT2D eigenvalue weighted by Crippen LogP contribution is 2.44. The van der Waals surface area contributed by atoms with Gasteiger partial charge in [-0.3, -0.25) is 4.79 Å². The van der Waals surface area contributed by atoms with Crippen molar-refractivity contribution >= 4 is 17.7 Å². The molecule has 0 bridgehead atoms. The van der Waals surface area contributed by atoms with Gasteiger partial charge in [-0.15, -0.1) is 11.8 Å². The number of benzene rings is 1. The van der Waals surface area contributed by atoms with E-state index in [2.05, 4.69) is 5.10 Å². The zero-order valence-electron chi connectivity index (χ0n) is 10.4. The number of aliphatic hydroxyl groups excluding tert-OH is 1. The molecular weight excluding hydrogens is 260 g/mol. The monoisotopic (exact) mass is 274 g/mol. The number of nitrogens with zero attached hydrogens (tertiary/aromatic N) is 2. The smallest absolute Gasteiger partial charge is 0.254 e. The zero-order chi connectivity index (χ0) is 13.4. The topological polar surface area (TPSA) is 55.1 Å². The number of rotatable bonds is 1. The van der Waals surface area contributed by atoms with Crippen LogP contribution in [0, 0.1) is 5.92 Å². The average Bonchev–Trinajstić information content (AvgIpc) is 2.92. The van der Waals surface area contributed by atoms with Crippen molar-refractivity contribution in [3.8, 4) is 0 Å². The number of hydrogen-bond donors (Lipinski definition) is 1. The van der Waals surface area contributed by atoms with Crippen molar-refractivity contribution < 1.29 is 9.90 Å². The molecule has 5 heteroatoms. The van der Waals surface area contributed by atoms with Crippen molar-refractivity contribution in [2.75, 3.05) is 0 Å². The Bertz CT molecular complexity index is 597. The van der Waals surface area contributed by atoms with Crippen LogP contribution in [0.15, 0.2) is 47.6 Å². The second-order valence-electron chi connectivity index (χ2n) is 4.62. The van der Waals surface area contributed by atoms with Crippen LogP contribution in [-0.2, 0) is 0 Å². The van der Waals surface area contributed by atoms with Crippen molar-refractivity contribution in [2.24, 2.45) is 5.92 Å². The molecule has 1 aliphatic heterocycles. The van der Waals surface area contributed by atoms with Crippen LogP contribution in [0.1, 0.15) is 23.4 Å². The van der Waals surface area contributed by atoms with Crippen LogP contribution >= 0.6 is 11.8 Å². The van der Waals surface area contributed by atoms with Crippen LogP contribution in [0.3, 0.4) is 0 Å². The summed E-state index contributed by atoms with van der Waals surface area (Å²) in [6.07, 6.45) is 2.41. The second-order valence-corrected chi connectivity index (χ2v) is 6.04. The Labute approximate surface area is 115 Å². The van der Waals surface area contributed by atoms with Gasteiger partial charge in [-0.1, -0.05) is 25.1 Å². The molecule has 3 atom stereocenters. The van der Waals surface area contributed by atoms with Gasteiger partial charge in [-0.25, -0.2) is 4.68 Å². The minimum Gasteiger partial charge on any atom is -0.387 e. The van der Waals surface area contributed by atoms with E-state index in [1.165, 1.54) is 4.68 Å². The molecule has 0 unspecified atom stereocenters. The van der Waals surface area contributed by atoms with E-state index in [1.54, 1.807) is 30.2 Å². The second kappa shape index (κ2) is 4.83. The van der Waals surface area contributed by atoms with Gasteiger partial charge in [0.1, 0.15) is 0 Å². The lowest BCUT2D eigenvalue weighted by Crippen LogP contribution is -2.36. The largest absolute Gasteiger partial charge is 0.387 e. The summed E-state index contributed by atoms with van der Waals surface area (Å²) in [5, 5.41) is 14.5. The van der Waals surface area contributed by atoms with Crippen molar-refractivity contribution in [1.82, 2.24) is 9.78 Å². The third-order valence-electron chi connectivity index (χ3n) is 3.41. The third kappa shape index (κ3) is 2.09. The molecule has 0 spiro atoms. The Kier molecular flexibility index (Phi) is 3.16. The highest BCUT2D eigenvalue weighted by Gasteiger charge is 2.39. The Balaban J connectivity index is 1.97. The van der Waals surface area contributed by atoms with Crippen LogP contribution in [0.5, 0.6) is 0 Å². The zero-order valence-corrected chi connectivity index (χ0v) is 11.2. The first-order valence-electron chi connectivity index (χ1n) is 6.16. The molecule has 98 valence electrons. The first kappa shape index (κ1) is 12.4. The lowest BCUT2D eigenvalue weighted by molar-refractivity contribution is 0.0563. The van der Waals surface area contributed by atoms with Crippen LogP contribution < -0.4 is 0 Å². The van der Waals surface area contributed by atoms with Gasteiger partial charge in [0, 0.05) is 22.5 Å². The Morgan fingerprint density at radius 3 is 2.89 bits per heavy atom. The maximum atomic E-state index is 12.4. The fraction of sp³-hybridized carbons (Fsp3) is 0.286. The molecule has 1 aliphatic rings. The lowest BCUT2D eigenvalue weighted by Gasteiger charge is -2.33. The van der Waals surface area contributed by atoms with Gasteiger partial charge in [0.25, 0.3) is 5.91 Å². The van der Waals surface area contributed by atoms with Crippen LogP contribution in [-0.4, -0.2) is 26.0 Å². The molecule has 1 aromatic heterocycles. The van der Waals surface area contributed by atoms with E-state index in [4.69, 9.17) is 0 Å². The molecule has 0 aliphatic carbocycles. The molecule has 2 aromatic rings. The molecule has 0 radical (unpaired) electrons. The SMILES string of the molecule is C[C@H]1Sc2ccccc2[C@@H](O)[C@@H]1C(=O)n1cccn1. The molecule has 0 amide bonds. The number of carbonyl (C=O) groups excluding carboxylic acids is 1. The van der Waals surface area contributed by atoms with Gasteiger partial charge in [0.05, 0.1) is 12.0 Å². The van der Waals surface area contributed by atoms with Crippen LogP contribution in [0.4, 0.5) is 0 Å². The van der Waals surface area contributed by atoms with Gasteiger partial charge < -0.3 is 5.11 Å². The summed E-state index contributed by atoms with van der Waals surface area (Å²) >= 11 is 1.63. The summed E-state index contributed by atoms with van der Waals surface area (Å²) in [6, 6.07) is 9.39. The maximum absolute atomic E-state index is 12.4. The minimum absolute atomic E-state index is 0.0154. The van der Waals surface area contributed by atoms with Crippen molar-refractivity contribution in [3.05, 3.63) is 48.3 Å². The third-order valence-corrected chi connectivity index (χ3v) is 4.70. The summed E-state index contributed by atoms with van der Waals surface area (Å²) in [5.74, 6) is -0.633. The first-order valence-corrected chi connectivity index (χ1v) is 7.04. The van der Waals surface area contributed by atoms with E-state index < -0.39 is 12.0 Å². The van der Waals surface area contributed by atoms with Gasteiger partial charge in [-0.2, -0.15) is 5.10 Å². The Morgan fingerprint density at radius 2 is 2.16 bits per heavy atom. The molecule has 1 aromatic carbocycles. The normalized spacial score (nSPS) is 25.9. The van der Waals surface area contributed by atoms with Crippen molar-refractivity contribution in [2.45, 2.75) is 23.2 Å². The molecular formula is C14H14N2O2S. The minimum atomic E-state index is -0.774. The molecule has 0 saturated heterocycles. The van der Waals surface area contributed by atoms with Gasteiger partial charge in [0.15, 0.2) is 0 Å². The van der Waals surface area contributed by atoms with Gasteiger partial charge in [0.2, 0.25) is 0 Å². The Morgan fingerprint density at radius 1 is 1.37 bits per heavy atom. The maximum Gasteiger partial charge on any atom is 0.254 e. The predicted octanol–water partition coefficient (Wildman–Crippen LogP) is 2.37. The molecule has 2 heterocycles. The van der Waals surface area contributed by atoms with E-state index in [1.807, 2.05) is 31.2 Å². The summed E-state index contributed by atoms with van der Waals surface area (Å²) < 4.78 is 1.30. The number of carbonyl (C=O) groups is 1. The summed E-state index contributed by atoms with van der Waals surface area (Å²) in [6.45, 7) is 1.97. The number of fused-ring (bicyclic) bond motifs is 1. The number of hydrogen-bond acceptors (Lipinski definition) is 4. The van der Waals surface area contributed by atoms with Gasteiger partial charge >= 0.3 is 0 Å². The highest BCUT2D eigenvalue weighted by atomic mass is 32.2. The van der Waals surface area contributed by atoms with E-state index >= 15 is 0 Å². The summed E-state index contributed by atoms with van der Waals surface area (Å²) in [7, 11) is 0. The van der Waals surface area contributed by atoms with Crippen LogP contribution in [0.25, 0.3) is 0 Å². The van der Waals surface area contributed by atoms with E-state index in [0.29, 0.717) is 0 Å². The molecule has 0 saturated carbocycles. The quantitative estimate of drug-likeness (QED) is 0.867. The van der Waals surface area contributed by atoms with E-state index in [9.17, 15) is 9.90 Å². The molecule has 0 fully saturated rings. The van der Waals surface area contributed by atoms with Crippen LogP contribution in [0.2, 0.25) is 0 Å². The highest BCUT2D eigenvalue weighted by molar-refractivity contribution is 8.00. The van der Waals surface area contributed by atoms with Crippen molar-refractivity contribution in [3.63, 3.8) is 0 Å². The fourth-order valence-corrected chi connectivity index (χ4v) is 3.74. The standard InChI is InChI=1S/C14H14N2O2S/c1-9-12(14(18)16-8-4-7-15-16)13(17)10-5-2-3-6-11(10)19-9/h2-9,12-13,17H,1H3/t9-,12-,13-/m1/s1. The van der Waals surface area contributed by atoms with Gasteiger partial charge in [-0.05, 0) is 17.7 Å². The molecule has 19 heavy (non-hydrogen) atoms. The summed E-state index contributed by atoms with van der Waals surface area (Å²) in [4.78, 5) is 13.5. The fourth-order valence-electron chi connectivity index (χ4n) is 2.44. The Hall–Kier alpha value is -1.59. The van der Waals surface area contributed by atoms with E-state index in [-0.39, 0.29) is 11.2 Å². The first-order chi connectivity index (χ1) is 9.18. The number of aromatic nitrogens is 2. The lowest BCUT2D eigenvalue weighted by atomic mass is 9.91. The molecule has 1 N–H and O–H groups in total. The summed E-state index contributed by atoms with van der Waals surface area (Å²) in [5.41, 5.74) is 0.830. The van der Waals surface area contributed by atoms with Crippen molar-refractivity contribution in [1.29, 1.82) is 0 Å². The van der Waals surface area contributed by atoms with E-state index in [0.717, 1.165) is 10.5 Å². The molecule has 4 nitrogen and oxygen atoms in total.